The molecule has 0 amide bonds. The van der Waals surface area contributed by atoms with Crippen LogP contribution in [0, 0.1) is 6.92 Å². The summed E-state index contributed by atoms with van der Waals surface area (Å²) in [6.45, 7) is 1.94. The molecule has 0 saturated carbocycles. The van der Waals surface area contributed by atoms with Crippen molar-refractivity contribution in [1.82, 2.24) is 0 Å². The van der Waals surface area contributed by atoms with Gasteiger partial charge in [0, 0.05) is 4.47 Å². The van der Waals surface area contributed by atoms with Gasteiger partial charge in [-0.3, -0.25) is 4.79 Å². The van der Waals surface area contributed by atoms with Crippen molar-refractivity contribution in [2.45, 2.75) is 6.92 Å². The highest BCUT2D eigenvalue weighted by Gasteiger charge is 2.16. The Hall–Kier alpha value is -0.160. The predicted molar refractivity (Wildman–Crippen MR) is 69.5 cm³/mol. The topological polar surface area (TPSA) is 17.1 Å². The molecule has 0 aliphatic carbocycles. The van der Waals surface area contributed by atoms with Gasteiger partial charge in [-0.25, -0.2) is 0 Å². The first-order chi connectivity index (χ1) is 7.09. The maximum absolute atomic E-state index is 12.0. The summed E-state index contributed by atoms with van der Waals surface area (Å²) in [6.07, 6.45) is 0. The molecule has 0 spiro atoms. The predicted octanol–water partition coefficient (Wildman–Crippen LogP) is 4.76. The fraction of sp³-hybridized carbons (Fsp3) is 0.100. The van der Waals surface area contributed by atoms with Gasteiger partial charge in [-0.1, -0.05) is 11.6 Å². The molecule has 5 heteroatoms. The fourth-order valence-electron chi connectivity index (χ4n) is 1.18. The Balaban J connectivity index is 2.41. The van der Waals surface area contributed by atoms with Gasteiger partial charge in [0.25, 0.3) is 0 Å². The van der Waals surface area contributed by atoms with Crippen LogP contribution in [0.3, 0.4) is 0 Å². The fourth-order valence-corrected chi connectivity index (χ4v) is 3.77. The molecule has 0 bridgehead atoms. The van der Waals surface area contributed by atoms with Crippen LogP contribution >= 0.6 is 50.2 Å². The summed E-state index contributed by atoms with van der Waals surface area (Å²) in [5.74, 6) is 0.0556. The molecule has 2 aromatic heterocycles. The van der Waals surface area contributed by atoms with Crippen LogP contribution in [0.25, 0.3) is 0 Å². The van der Waals surface area contributed by atoms with Gasteiger partial charge in [-0.15, -0.1) is 22.7 Å². The zero-order valence-electron chi connectivity index (χ0n) is 7.71. The van der Waals surface area contributed by atoms with Gasteiger partial charge in [0.05, 0.1) is 9.75 Å². The number of thiophene rings is 2. The lowest BCUT2D eigenvalue weighted by molar-refractivity contribution is 0.104. The molecule has 2 heterocycles. The molecule has 1 nitrogen and oxygen atoms in total. The van der Waals surface area contributed by atoms with Crippen LogP contribution in [0.2, 0.25) is 4.34 Å². The minimum atomic E-state index is 0.0556. The van der Waals surface area contributed by atoms with E-state index in [0.717, 1.165) is 14.9 Å². The number of halogens is 2. The van der Waals surface area contributed by atoms with Crippen molar-refractivity contribution in [3.8, 4) is 0 Å². The van der Waals surface area contributed by atoms with E-state index in [0.29, 0.717) is 9.21 Å². The Kier molecular flexibility index (Phi) is 3.30. The minimum Gasteiger partial charge on any atom is -0.287 e. The maximum atomic E-state index is 12.0. The Bertz CT molecular complexity index is 496. The van der Waals surface area contributed by atoms with Crippen molar-refractivity contribution in [3.63, 3.8) is 0 Å². The van der Waals surface area contributed by atoms with E-state index >= 15 is 0 Å². The molecule has 0 fully saturated rings. The van der Waals surface area contributed by atoms with Crippen molar-refractivity contribution >= 4 is 56.0 Å². The first-order valence-corrected chi connectivity index (χ1v) is 7.00. The van der Waals surface area contributed by atoms with Gasteiger partial charge >= 0.3 is 0 Å². The lowest BCUT2D eigenvalue weighted by Gasteiger charge is -1.94. The molecule has 0 N–H and O–H groups in total. The van der Waals surface area contributed by atoms with Gasteiger partial charge in [0.2, 0.25) is 5.78 Å². The highest BCUT2D eigenvalue weighted by Crippen LogP contribution is 2.34. The summed E-state index contributed by atoms with van der Waals surface area (Å²) in [6, 6.07) is 3.72. The van der Waals surface area contributed by atoms with Gasteiger partial charge in [0.1, 0.15) is 4.34 Å². The van der Waals surface area contributed by atoms with E-state index in [-0.39, 0.29) is 5.78 Å². The number of hydrogen-bond donors (Lipinski definition) is 0. The summed E-state index contributed by atoms with van der Waals surface area (Å²) in [7, 11) is 0. The van der Waals surface area contributed by atoms with Crippen molar-refractivity contribution in [1.29, 1.82) is 0 Å². The second-order valence-electron chi connectivity index (χ2n) is 2.99. The van der Waals surface area contributed by atoms with Crippen LogP contribution < -0.4 is 0 Å². The summed E-state index contributed by atoms with van der Waals surface area (Å²) in [5, 5.41) is 1.92. The van der Waals surface area contributed by atoms with E-state index in [1.165, 1.54) is 22.7 Å². The number of ketones is 1. The van der Waals surface area contributed by atoms with E-state index in [2.05, 4.69) is 15.9 Å². The average molecular weight is 322 g/mol. The lowest BCUT2D eigenvalue weighted by atomic mass is 10.2. The SMILES string of the molecule is Cc1ccsc1C(=O)c1cc(Br)c(Cl)s1. The molecular weight excluding hydrogens is 316 g/mol. The van der Waals surface area contributed by atoms with Crippen LogP contribution in [0.4, 0.5) is 0 Å². The molecule has 2 aromatic rings. The standard InChI is InChI=1S/C10H6BrClOS2/c1-5-2-3-14-9(5)8(13)7-4-6(11)10(12)15-7/h2-4H,1H3. The van der Waals surface area contributed by atoms with Crippen LogP contribution in [-0.2, 0) is 0 Å². The smallest absolute Gasteiger partial charge is 0.213 e. The molecule has 0 aromatic carbocycles. The molecule has 0 radical (unpaired) electrons. The maximum Gasteiger partial charge on any atom is 0.213 e. The quantitative estimate of drug-likeness (QED) is 0.729. The summed E-state index contributed by atoms with van der Waals surface area (Å²) >= 11 is 12.0. The van der Waals surface area contributed by atoms with E-state index in [9.17, 15) is 4.79 Å². The van der Waals surface area contributed by atoms with Gasteiger partial charge in [-0.05, 0) is 45.9 Å². The van der Waals surface area contributed by atoms with Gasteiger partial charge in [-0.2, -0.15) is 0 Å². The van der Waals surface area contributed by atoms with Crippen molar-refractivity contribution in [2.24, 2.45) is 0 Å². The molecule has 0 aliphatic heterocycles. The molecular formula is C10H6BrClOS2. The zero-order chi connectivity index (χ0) is 11.0. The molecule has 78 valence electrons. The van der Waals surface area contributed by atoms with E-state index < -0.39 is 0 Å². The van der Waals surface area contributed by atoms with Crippen molar-refractivity contribution in [3.05, 3.63) is 41.6 Å². The number of carbonyl (C=O) groups is 1. The molecule has 0 atom stereocenters. The molecule has 0 aliphatic rings. The number of hydrogen-bond acceptors (Lipinski definition) is 3. The summed E-state index contributed by atoms with van der Waals surface area (Å²) in [4.78, 5) is 13.5. The van der Waals surface area contributed by atoms with Crippen molar-refractivity contribution in [2.75, 3.05) is 0 Å². The van der Waals surface area contributed by atoms with Gasteiger partial charge in [0.15, 0.2) is 0 Å². The van der Waals surface area contributed by atoms with Crippen LogP contribution in [0.5, 0.6) is 0 Å². The first kappa shape index (κ1) is 11.3. The van der Waals surface area contributed by atoms with Crippen LogP contribution in [-0.4, -0.2) is 5.78 Å². The number of aryl methyl sites for hydroxylation is 1. The second kappa shape index (κ2) is 4.37. The second-order valence-corrected chi connectivity index (χ2v) is 6.42. The Morgan fingerprint density at radius 1 is 1.53 bits per heavy atom. The Labute approximate surface area is 109 Å². The lowest BCUT2D eigenvalue weighted by Crippen LogP contribution is -1.96. The van der Waals surface area contributed by atoms with E-state index in [4.69, 9.17) is 11.6 Å². The molecule has 0 saturated heterocycles. The normalized spacial score (nSPS) is 10.6. The molecule has 2 rings (SSSR count). The molecule has 0 unspecified atom stereocenters. The minimum absolute atomic E-state index is 0.0556. The third-order valence-corrected chi connectivity index (χ3v) is 5.43. The third kappa shape index (κ3) is 2.18. The third-order valence-electron chi connectivity index (χ3n) is 1.94. The average Bonchev–Trinajstić information content (AvgIpc) is 2.74. The highest BCUT2D eigenvalue weighted by molar-refractivity contribution is 9.10. The first-order valence-electron chi connectivity index (χ1n) is 4.13. The van der Waals surface area contributed by atoms with Crippen molar-refractivity contribution < 1.29 is 4.79 Å². The monoisotopic (exact) mass is 320 g/mol. The van der Waals surface area contributed by atoms with Gasteiger partial charge < -0.3 is 0 Å². The Morgan fingerprint density at radius 3 is 2.73 bits per heavy atom. The highest BCUT2D eigenvalue weighted by atomic mass is 79.9. The molecule has 15 heavy (non-hydrogen) atoms. The summed E-state index contributed by atoms with van der Waals surface area (Å²) < 4.78 is 1.40. The largest absolute Gasteiger partial charge is 0.287 e. The summed E-state index contributed by atoms with van der Waals surface area (Å²) in [5.41, 5.74) is 1.02. The Morgan fingerprint density at radius 2 is 2.27 bits per heavy atom. The zero-order valence-corrected chi connectivity index (χ0v) is 11.7. The van der Waals surface area contributed by atoms with E-state index in [1.807, 2.05) is 18.4 Å². The van der Waals surface area contributed by atoms with Crippen LogP contribution in [0.1, 0.15) is 20.1 Å². The number of rotatable bonds is 2. The van der Waals surface area contributed by atoms with Crippen LogP contribution in [0.15, 0.2) is 22.0 Å². The number of carbonyl (C=O) groups excluding carboxylic acids is 1. The van der Waals surface area contributed by atoms with E-state index in [1.54, 1.807) is 6.07 Å².